The van der Waals surface area contributed by atoms with E-state index in [9.17, 15) is 0 Å². The van der Waals surface area contributed by atoms with Gasteiger partial charge in [-0.1, -0.05) is 121 Å². The minimum Gasteiger partial charge on any atom is -0.384 e. The number of piperazine rings is 2. The Morgan fingerprint density at radius 1 is 0.450 bits per heavy atom. The van der Waals surface area contributed by atoms with E-state index in [0.29, 0.717) is 17.4 Å². The first-order chi connectivity index (χ1) is 29.4. The lowest BCUT2D eigenvalue weighted by atomic mass is 9.82. The molecule has 4 N–H and O–H groups in total. The predicted octanol–water partition coefficient (Wildman–Crippen LogP) is 7.13. The van der Waals surface area contributed by atoms with Crippen LogP contribution in [0.1, 0.15) is 34.1 Å². The van der Waals surface area contributed by atoms with Crippen LogP contribution in [-0.4, -0.2) is 114 Å². The molecule has 0 radical (unpaired) electrons. The third-order valence-corrected chi connectivity index (χ3v) is 12.4. The maximum absolute atomic E-state index is 15.0. The van der Waals surface area contributed by atoms with Crippen molar-refractivity contribution >= 4 is 17.4 Å². The Balaban J connectivity index is 0.852. The molecule has 0 saturated carbocycles. The number of benzene rings is 4. The Bertz CT molecular complexity index is 2090. The van der Waals surface area contributed by atoms with Gasteiger partial charge in [-0.3, -0.25) is 14.6 Å². The van der Waals surface area contributed by atoms with E-state index in [1.165, 1.54) is 11.1 Å². The summed E-state index contributed by atoms with van der Waals surface area (Å²) in [5, 5.41) is 0. The van der Waals surface area contributed by atoms with Gasteiger partial charge in [0.05, 0.1) is 23.2 Å². The number of aromatic nitrogens is 2. The molecule has 2 aromatic heterocycles. The van der Waals surface area contributed by atoms with Gasteiger partial charge >= 0.3 is 0 Å². The summed E-state index contributed by atoms with van der Waals surface area (Å²) < 4.78 is 0. The molecule has 60 heavy (non-hydrogen) atoms. The largest absolute Gasteiger partial charge is 0.384 e. The number of nitrogens with zero attached hydrogens (tertiary/aromatic N) is 6. The van der Waals surface area contributed by atoms with Crippen LogP contribution in [0.4, 0.5) is 11.6 Å². The highest BCUT2D eigenvalue weighted by atomic mass is 16.1. The normalized spacial score (nSPS) is 16.7. The lowest BCUT2D eigenvalue weighted by Crippen LogP contribution is -2.50. The molecule has 0 bridgehead atoms. The van der Waals surface area contributed by atoms with Crippen LogP contribution < -0.4 is 11.5 Å². The number of carbonyl (C=O) groups excluding carboxylic acids is 1. The Morgan fingerprint density at radius 2 is 0.817 bits per heavy atom. The number of pyridine rings is 2. The molecule has 0 spiro atoms. The first kappa shape index (κ1) is 41.0. The number of hydrogen-bond donors (Lipinski definition) is 2. The standard InChI is InChI=1S/C51H58N8O/c52-49-15-7-13-47(54-49)43-21-17-39(18-22-43)25-27-56-29-33-58(34-30-56)37-45(41-9-3-1-4-10-41)51(60)46(42-11-5-2-6-12-42)38-59-35-31-57(32-36-59)28-26-40-19-23-44(24-20-40)48-14-8-16-50(53)55-48/h1-24,45-46H,25-38H2,(H2,52,54)(H2,53,55). The highest BCUT2D eigenvalue weighted by Crippen LogP contribution is 2.30. The molecule has 2 atom stereocenters. The summed E-state index contributed by atoms with van der Waals surface area (Å²) in [5.41, 5.74) is 20.7. The van der Waals surface area contributed by atoms with E-state index in [4.69, 9.17) is 11.5 Å². The lowest BCUT2D eigenvalue weighted by molar-refractivity contribution is -0.123. The van der Waals surface area contributed by atoms with E-state index >= 15 is 4.79 Å². The van der Waals surface area contributed by atoms with Crippen molar-refractivity contribution in [3.8, 4) is 22.5 Å². The van der Waals surface area contributed by atoms with Crippen molar-refractivity contribution in [3.05, 3.63) is 168 Å². The van der Waals surface area contributed by atoms with Gasteiger partial charge in [0.15, 0.2) is 0 Å². The highest BCUT2D eigenvalue weighted by molar-refractivity contribution is 5.92. The average Bonchev–Trinajstić information content (AvgIpc) is 3.30. The molecule has 9 nitrogen and oxygen atoms in total. The van der Waals surface area contributed by atoms with Crippen molar-refractivity contribution in [2.24, 2.45) is 0 Å². The monoisotopic (exact) mass is 798 g/mol. The number of carbonyl (C=O) groups is 1. The second-order valence-electron chi connectivity index (χ2n) is 16.4. The van der Waals surface area contributed by atoms with Crippen LogP contribution in [0.3, 0.4) is 0 Å². The summed E-state index contributed by atoms with van der Waals surface area (Å²) in [7, 11) is 0. The fraction of sp³-hybridized carbons (Fsp3) is 0.314. The van der Waals surface area contributed by atoms with Crippen LogP contribution >= 0.6 is 0 Å². The Morgan fingerprint density at radius 3 is 1.18 bits per heavy atom. The van der Waals surface area contributed by atoms with Crippen molar-refractivity contribution in [2.45, 2.75) is 24.7 Å². The van der Waals surface area contributed by atoms with Crippen LogP contribution in [0, 0.1) is 0 Å². The fourth-order valence-corrected chi connectivity index (χ4v) is 8.72. The molecule has 308 valence electrons. The third-order valence-electron chi connectivity index (χ3n) is 12.4. The van der Waals surface area contributed by atoms with Crippen LogP contribution in [0.5, 0.6) is 0 Å². The van der Waals surface area contributed by atoms with Crippen molar-refractivity contribution in [3.63, 3.8) is 0 Å². The van der Waals surface area contributed by atoms with E-state index < -0.39 is 0 Å². The van der Waals surface area contributed by atoms with Gasteiger partial charge in [-0.05, 0) is 59.4 Å². The maximum atomic E-state index is 15.0. The highest BCUT2D eigenvalue weighted by Gasteiger charge is 2.33. The molecule has 9 heteroatoms. The first-order valence-corrected chi connectivity index (χ1v) is 21.6. The Labute approximate surface area is 355 Å². The van der Waals surface area contributed by atoms with Crippen LogP contribution in [-0.2, 0) is 17.6 Å². The molecule has 4 heterocycles. The van der Waals surface area contributed by atoms with Gasteiger partial charge < -0.3 is 21.3 Å². The number of anilines is 2. The van der Waals surface area contributed by atoms with Gasteiger partial charge in [0, 0.05) is 89.7 Å². The number of ketones is 1. The summed E-state index contributed by atoms with van der Waals surface area (Å²) in [6, 6.07) is 49.9. The van der Waals surface area contributed by atoms with Crippen LogP contribution in [0.2, 0.25) is 0 Å². The predicted molar refractivity (Wildman–Crippen MR) is 245 cm³/mol. The molecule has 2 fully saturated rings. The van der Waals surface area contributed by atoms with Gasteiger partial charge in [0.25, 0.3) is 0 Å². The average molecular weight is 799 g/mol. The maximum Gasteiger partial charge on any atom is 0.150 e. The Kier molecular flexibility index (Phi) is 13.7. The summed E-state index contributed by atoms with van der Waals surface area (Å²) >= 11 is 0. The van der Waals surface area contributed by atoms with Crippen molar-refractivity contribution in [1.29, 1.82) is 0 Å². The molecule has 8 rings (SSSR count). The van der Waals surface area contributed by atoms with Gasteiger partial charge in [-0.15, -0.1) is 0 Å². The van der Waals surface area contributed by atoms with E-state index in [1.54, 1.807) is 0 Å². The molecule has 4 aromatic carbocycles. The molecule has 0 aliphatic carbocycles. The molecule has 2 unspecified atom stereocenters. The summed E-state index contributed by atoms with van der Waals surface area (Å²) in [4.78, 5) is 34.1. The number of nitrogens with two attached hydrogens (primary N) is 2. The molecular weight excluding hydrogens is 741 g/mol. The zero-order valence-electron chi connectivity index (χ0n) is 34.7. The van der Waals surface area contributed by atoms with Crippen molar-refractivity contribution in [2.75, 3.05) is 90.0 Å². The van der Waals surface area contributed by atoms with E-state index in [2.05, 4.69) is 127 Å². The Hall–Kier alpha value is -5.71. The third kappa shape index (κ3) is 10.9. The SMILES string of the molecule is Nc1cccc(-c2ccc(CCN3CCN(CC(C(=O)C(CN4CCN(CCc5ccc(-c6cccc(N)n6)cc5)CC4)c4ccccc4)c4ccccc4)CC3)cc2)n1. The number of Topliss-reactive ketones (excluding diaryl/α,β-unsaturated/α-hetero) is 1. The molecular formula is C51H58N8O. The molecule has 2 aliphatic rings. The minimum atomic E-state index is -0.196. The van der Waals surface area contributed by atoms with E-state index in [1.807, 2.05) is 48.5 Å². The number of nitrogen functional groups attached to an aromatic ring is 2. The van der Waals surface area contributed by atoms with Crippen molar-refractivity contribution in [1.82, 2.24) is 29.6 Å². The molecule has 2 saturated heterocycles. The van der Waals surface area contributed by atoms with Crippen LogP contribution in [0.25, 0.3) is 22.5 Å². The van der Waals surface area contributed by atoms with Gasteiger partial charge in [0.1, 0.15) is 17.4 Å². The van der Waals surface area contributed by atoms with E-state index in [0.717, 1.165) is 125 Å². The second kappa shape index (κ2) is 20.0. The smallest absolute Gasteiger partial charge is 0.150 e. The molecule has 6 aromatic rings. The fourth-order valence-electron chi connectivity index (χ4n) is 8.72. The zero-order chi connectivity index (χ0) is 41.1. The molecule has 2 aliphatic heterocycles. The van der Waals surface area contributed by atoms with Crippen molar-refractivity contribution < 1.29 is 4.79 Å². The summed E-state index contributed by atoms with van der Waals surface area (Å²) in [5.74, 6) is 1.01. The quantitative estimate of drug-likeness (QED) is 0.106. The second-order valence-corrected chi connectivity index (χ2v) is 16.4. The summed E-state index contributed by atoms with van der Waals surface area (Å²) in [6.45, 7) is 11.3. The van der Waals surface area contributed by atoms with Gasteiger partial charge in [-0.25, -0.2) is 9.97 Å². The number of rotatable bonds is 16. The van der Waals surface area contributed by atoms with Gasteiger partial charge in [0.2, 0.25) is 0 Å². The topological polar surface area (TPSA) is 108 Å². The lowest BCUT2D eigenvalue weighted by Gasteiger charge is -2.38. The zero-order valence-corrected chi connectivity index (χ0v) is 34.7. The van der Waals surface area contributed by atoms with E-state index in [-0.39, 0.29) is 11.8 Å². The first-order valence-electron chi connectivity index (χ1n) is 21.6. The minimum absolute atomic E-state index is 0.196. The number of hydrogen-bond acceptors (Lipinski definition) is 9. The summed E-state index contributed by atoms with van der Waals surface area (Å²) in [6.07, 6.45) is 2.00. The molecule has 0 amide bonds. The van der Waals surface area contributed by atoms with Crippen LogP contribution in [0.15, 0.2) is 146 Å². The van der Waals surface area contributed by atoms with Gasteiger partial charge in [-0.2, -0.15) is 0 Å².